The van der Waals surface area contributed by atoms with E-state index in [-0.39, 0.29) is 10.9 Å². The van der Waals surface area contributed by atoms with Gasteiger partial charge in [-0.05, 0) is 18.6 Å². The maximum atomic E-state index is 12.8. The maximum absolute atomic E-state index is 12.8. The molecular formula is C24H29ClF3N5O. The standard InChI is InChI=1S/C24H29ClF3N5O/c1-18-3-2-4-19(13-18)16-30-5-9-32(10-6-30)22(34)17-31-7-11-33(12-8-31)23-21(25)14-20(15-29-23)24(26,27)28/h2-4,13-15H,5-12,16-17H2,1H3. The van der Waals surface area contributed by atoms with E-state index < -0.39 is 11.7 Å². The van der Waals surface area contributed by atoms with E-state index in [0.717, 1.165) is 45.0 Å². The minimum absolute atomic E-state index is 0.0112. The van der Waals surface area contributed by atoms with E-state index in [4.69, 9.17) is 11.6 Å². The number of hydrogen-bond donors (Lipinski definition) is 0. The molecule has 2 aliphatic heterocycles. The Kier molecular flexibility index (Phi) is 7.64. The zero-order chi connectivity index (χ0) is 24.3. The van der Waals surface area contributed by atoms with E-state index in [1.807, 2.05) is 9.80 Å². The van der Waals surface area contributed by atoms with Gasteiger partial charge in [-0.2, -0.15) is 13.2 Å². The highest BCUT2D eigenvalue weighted by atomic mass is 35.5. The van der Waals surface area contributed by atoms with E-state index in [9.17, 15) is 18.0 Å². The van der Waals surface area contributed by atoms with Gasteiger partial charge in [-0.25, -0.2) is 4.98 Å². The number of benzene rings is 1. The number of rotatable bonds is 5. The number of aryl methyl sites for hydroxylation is 1. The number of pyridine rings is 1. The van der Waals surface area contributed by atoms with Gasteiger partial charge >= 0.3 is 6.18 Å². The Labute approximate surface area is 202 Å². The summed E-state index contributed by atoms with van der Waals surface area (Å²) in [5, 5.41) is -0.0112. The first-order chi connectivity index (χ1) is 16.2. The molecule has 34 heavy (non-hydrogen) atoms. The molecule has 184 valence electrons. The highest BCUT2D eigenvalue weighted by Gasteiger charge is 2.32. The van der Waals surface area contributed by atoms with Gasteiger partial charge in [-0.1, -0.05) is 41.4 Å². The molecule has 3 heterocycles. The molecule has 4 rings (SSSR count). The first-order valence-corrected chi connectivity index (χ1v) is 11.8. The first kappa shape index (κ1) is 24.8. The molecular weight excluding hydrogens is 467 g/mol. The van der Waals surface area contributed by atoms with Gasteiger partial charge in [0.25, 0.3) is 0 Å². The molecule has 1 aromatic carbocycles. The molecule has 1 amide bonds. The van der Waals surface area contributed by atoms with Crippen molar-refractivity contribution >= 4 is 23.3 Å². The van der Waals surface area contributed by atoms with Crippen molar-refractivity contribution in [3.63, 3.8) is 0 Å². The van der Waals surface area contributed by atoms with Crippen LogP contribution in [-0.4, -0.2) is 84.5 Å². The average Bonchev–Trinajstić information content (AvgIpc) is 2.79. The molecule has 2 aromatic rings. The van der Waals surface area contributed by atoms with Crippen LogP contribution in [0.5, 0.6) is 0 Å². The summed E-state index contributed by atoms with van der Waals surface area (Å²) in [7, 11) is 0. The van der Waals surface area contributed by atoms with Crippen LogP contribution in [0.4, 0.5) is 19.0 Å². The number of alkyl halides is 3. The first-order valence-electron chi connectivity index (χ1n) is 11.4. The largest absolute Gasteiger partial charge is 0.417 e. The van der Waals surface area contributed by atoms with Crippen LogP contribution in [0.3, 0.4) is 0 Å². The predicted molar refractivity (Wildman–Crippen MR) is 126 cm³/mol. The van der Waals surface area contributed by atoms with Crippen molar-refractivity contribution < 1.29 is 18.0 Å². The van der Waals surface area contributed by atoms with Crippen molar-refractivity contribution in [3.8, 4) is 0 Å². The summed E-state index contributed by atoms with van der Waals surface area (Å²) in [4.78, 5) is 25.0. The number of carbonyl (C=O) groups excluding carboxylic acids is 1. The molecule has 0 radical (unpaired) electrons. The summed E-state index contributed by atoms with van der Waals surface area (Å²) in [5.41, 5.74) is 1.69. The topological polar surface area (TPSA) is 42.9 Å². The van der Waals surface area contributed by atoms with Crippen LogP contribution >= 0.6 is 11.6 Å². The van der Waals surface area contributed by atoms with Crippen molar-refractivity contribution in [2.45, 2.75) is 19.6 Å². The molecule has 2 saturated heterocycles. The molecule has 0 bridgehead atoms. The smallest absolute Gasteiger partial charge is 0.353 e. The van der Waals surface area contributed by atoms with Crippen molar-refractivity contribution in [1.29, 1.82) is 0 Å². The minimum atomic E-state index is -4.47. The summed E-state index contributed by atoms with van der Waals surface area (Å²) >= 11 is 6.08. The Morgan fingerprint density at radius 2 is 1.68 bits per heavy atom. The fourth-order valence-corrected chi connectivity index (χ4v) is 4.74. The van der Waals surface area contributed by atoms with Gasteiger partial charge in [0.1, 0.15) is 5.82 Å². The van der Waals surface area contributed by atoms with Crippen molar-refractivity contribution in [1.82, 2.24) is 19.7 Å². The molecule has 1 aromatic heterocycles. The predicted octanol–water partition coefficient (Wildman–Crippen LogP) is 3.53. The lowest BCUT2D eigenvalue weighted by molar-refractivity contribution is -0.138. The molecule has 0 spiro atoms. The molecule has 0 unspecified atom stereocenters. The number of piperazine rings is 2. The Balaban J connectivity index is 1.22. The Morgan fingerprint density at radius 1 is 1.00 bits per heavy atom. The number of halogens is 4. The zero-order valence-electron chi connectivity index (χ0n) is 19.2. The quantitative estimate of drug-likeness (QED) is 0.635. The van der Waals surface area contributed by atoms with E-state index in [2.05, 4.69) is 46.0 Å². The lowest BCUT2D eigenvalue weighted by Gasteiger charge is -2.38. The summed E-state index contributed by atoms with van der Waals surface area (Å²) in [5.74, 6) is 0.472. The van der Waals surface area contributed by atoms with Gasteiger partial charge in [0.2, 0.25) is 5.91 Å². The summed E-state index contributed by atoms with van der Waals surface area (Å²) in [6.07, 6.45) is -3.66. The Bertz CT molecular complexity index is 1000. The highest BCUT2D eigenvalue weighted by Crippen LogP contribution is 2.33. The van der Waals surface area contributed by atoms with Crippen LogP contribution in [0.25, 0.3) is 0 Å². The average molecular weight is 496 g/mol. The maximum Gasteiger partial charge on any atom is 0.417 e. The highest BCUT2D eigenvalue weighted by molar-refractivity contribution is 6.33. The van der Waals surface area contributed by atoms with Crippen LogP contribution in [0, 0.1) is 6.92 Å². The lowest BCUT2D eigenvalue weighted by Crippen LogP contribution is -2.53. The summed E-state index contributed by atoms with van der Waals surface area (Å²) in [6.45, 7) is 8.82. The second-order valence-electron chi connectivity index (χ2n) is 8.94. The van der Waals surface area contributed by atoms with Crippen LogP contribution in [0.1, 0.15) is 16.7 Å². The van der Waals surface area contributed by atoms with E-state index in [0.29, 0.717) is 38.5 Å². The molecule has 0 saturated carbocycles. The molecule has 0 aliphatic carbocycles. The molecule has 10 heteroatoms. The van der Waals surface area contributed by atoms with Gasteiger partial charge < -0.3 is 9.80 Å². The van der Waals surface area contributed by atoms with Gasteiger partial charge in [0.15, 0.2) is 0 Å². The number of hydrogen-bond acceptors (Lipinski definition) is 5. The monoisotopic (exact) mass is 495 g/mol. The lowest BCUT2D eigenvalue weighted by atomic mass is 10.1. The third-order valence-corrected chi connectivity index (χ3v) is 6.67. The normalized spacial score (nSPS) is 18.4. The van der Waals surface area contributed by atoms with Crippen LogP contribution in [0.2, 0.25) is 5.02 Å². The number of carbonyl (C=O) groups is 1. The molecule has 0 atom stereocenters. The fraction of sp³-hybridized carbons (Fsp3) is 0.500. The number of aromatic nitrogens is 1. The minimum Gasteiger partial charge on any atom is -0.353 e. The molecule has 2 aliphatic rings. The SMILES string of the molecule is Cc1cccc(CN2CCN(C(=O)CN3CCN(c4ncc(C(F)(F)F)cc4Cl)CC3)CC2)c1. The van der Waals surface area contributed by atoms with Gasteiger partial charge in [-0.15, -0.1) is 0 Å². The fourth-order valence-electron chi connectivity index (χ4n) is 4.45. The zero-order valence-corrected chi connectivity index (χ0v) is 19.9. The second kappa shape index (κ2) is 10.5. The third kappa shape index (κ3) is 6.20. The van der Waals surface area contributed by atoms with E-state index in [1.54, 1.807) is 0 Å². The molecule has 6 nitrogen and oxygen atoms in total. The van der Waals surface area contributed by atoms with Gasteiger partial charge in [0, 0.05) is 65.1 Å². The van der Waals surface area contributed by atoms with Gasteiger partial charge in [0.05, 0.1) is 17.1 Å². The Hall–Kier alpha value is -2.36. The van der Waals surface area contributed by atoms with Crippen LogP contribution in [0.15, 0.2) is 36.5 Å². The van der Waals surface area contributed by atoms with E-state index in [1.165, 1.54) is 11.1 Å². The molecule has 0 N–H and O–H groups in total. The molecule has 2 fully saturated rings. The number of anilines is 1. The van der Waals surface area contributed by atoms with Crippen LogP contribution in [-0.2, 0) is 17.5 Å². The summed E-state index contributed by atoms with van der Waals surface area (Å²) < 4.78 is 38.5. The Morgan fingerprint density at radius 3 is 2.29 bits per heavy atom. The van der Waals surface area contributed by atoms with Crippen LogP contribution < -0.4 is 4.90 Å². The van der Waals surface area contributed by atoms with Crippen molar-refractivity contribution in [3.05, 3.63) is 58.2 Å². The van der Waals surface area contributed by atoms with Crippen molar-refractivity contribution in [2.24, 2.45) is 0 Å². The van der Waals surface area contributed by atoms with Crippen molar-refractivity contribution in [2.75, 3.05) is 63.8 Å². The second-order valence-corrected chi connectivity index (χ2v) is 9.34. The van der Waals surface area contributed by atoms with E-state index >= 15 is 0 Å². The van der Waals surface area contributed by atoms with Gasteiger partial charge in [-0.3, -0.25) is 14.6 Å². The number of nitrogens with zero attached hydrogens (tertiary/aromatic N) is 5. The summed E-state index contributed by atoms with van der Waals surface area (Å²) in [6, 6.07) is 9.42. The third-order valence-electron chi connectivity index (χ3n) is 6.39. The number of amides is 1.